The summed E-state index contributed by atoms with van der Waals surface area (Å²) in [6, 6.07) is 17.3. The number of hydrogen-bond donors (Lipinski definition) is 1. The molecule has 0 fully saturated rings. The summed E-state index contributed by atoms with van der Waals surface area (Å²) in [5, 5.41) is 2.87. The Balaban J connectivity index is 1.76. The quantitative estimate of drug-likeness (QED) is 0.630. The second-order valence-corrected chi connectivity index (χ2v) is 6.02. The van der Waals surface area contributed by atoms with Gasteiger partial charge in [-0.1, -0.05) is 24.3 Å². The van der Waals surface area contributed by atoms with Crippen molar-refractivity contribution >= 4 is 23.0 Å². The van der Waals surface area contributed by atoms with E-state index in [9.17, 15) is 18.0 Å². The van der Waals surface area contributed by atoms with Gasteiger partial charge in [0.1, 0.15) is 5.69 Å². The van der Waals surface area contributed by atoms with Gasteiger partial charge in [0.2, 0.25) is 0 Å². The number of alkyl halides is 3. The largest absolute Gasteiger partial charge is 0.416 e. The number of para-hydroxylation sites is 1. The van der Waals surface area contributed by atoms with Crippen LogP contribution < -0.4 is 10.2 Å². The topological polar surface area (TPSA) is 45.2 Å². The van der Waals surface area contributed by atoms with Gasteiger partial charge in [-0.25, -0.2) is 4.98 Å². The Kier molecular flexibility index (Phi) is 5.63. The van der Waals surface area contributed by atoms with Crippen LogP contribution in [0.15, 0.2) is 72.9 Å². The molecule has 3 rings (SSSR count). The zero-order valence-corrected chi connectivity index (χ0v) is 15.1. The maximum atomic E-state index is 12.8. The Bertz CT molecular complexity index is 941. The van der Waals surface area contributed by atoms with Crippen molar-refractivity contribution in [2.24, 2.45) is 0 Å². The molecule has 3 aromatic rings. The zero-order chi connectivity index (χ0) is 20.1. The number of benzene rings is 2. The molecule has 2 aromatic carbocycles. The summed E-state index contributed by atoms with van der Waals surface area (Å²) in [5.41, 5.74) is 1.05. The van der Waals surface area contributed by atoms with Crippen LogP contribution in [0, 0.1) is 0 Å². The van der Waals surface area contributed by atoms with Crippen LogP contribution in [-0.2, 0) is 6.18 Å². The number of anilines is 3. The highest BCUT2D eigenvalue weighted by Gasteiger charge is 2.30. The van der Waals surface area contributed by atoms with Gasteiger partial charge in [0.05, 0.1) is 17.4 Å². The van der Waals surface area contributed by atoms with E-state index < -0.39 is 11.7 Å². The molecule has 1 N–H and O–H groups in total. The first-order valence-corrected chi connectivity index (χ1v) is 8.65. The van der Waals surface area contributed by atoms with Crippen molar-refractivity contribution in [1.29, 1.82) is 0 Å². The van der Waals surface area contributed by atoms with Gasteiger partial charge in [-0.15, -0.1) is 0 Å². The first kappa shape index (κ1) is 19.4. The molecule has 1 amide bonds. The number of hydrogen-bond acceptors (Lipinski definition) is 3. The first-order chi connectivity index (χ1) is 13.4. The predicted molar refractivity (Wildman–Crippen MR) is 103 cm³/mol. The van der Waals surface area contributed by atoms with E-state index in [-0.39, 0.29) is 17.3 Å². The molecular weight excluding hydrogens is 367 g/mol. The van der Waals surface area contributed by atoms with Gasteiger partial charge >= 0.3 is 6.18 Å². The normalized spacial score (nSPS) is 11.1. The predicted octanol–water partition coefficient (Wildman–Crippen LogP) is 5.51. The number of rotatable bonds is 5. The number of nitrogens with zero attached hydrogens (tertiary/aromatic N) is 2. The van der Waals surface area contributed by atoms with Crippen LogP contribution >= 0.6 is 0 Å². The lowest BCUT2D eigenvalue weighted by molar-refractivity contribution is -0.137. The van der Waals surface area contributed by atoms with Crippen molar-refractivity contribution in [3.8, 4) is 0 Å². The van der Waals surface area contributed by atoms with Gasteiger partial charge < -0.3 is 10.2 Å². The molecule has 144 valence electrons. The molecule has 4 nitrogen and oxygen atoms in total. The fourth-order valence-corrected chi connectivity index (χ4v) is 2.72. The highest BCUT2D eigenvalue weighted by Crippen LogP contribution is 2.31. The zero-order valence-electron chi connectivity index (χ0n) is 15.1. The third-order valence-electron chi connectivity index (χ3n) is 4.09. The number of aromatic nitrogens is 1. The van der Waals surface area contributed by atoms with Crippen molar-refractivity contribution < 1.29 is 18.0 Å². The summed E-state index contributed by atoms with van der Waals surface area (Å²) >= 11 is 0. The molecule has 7 heteroatoms. The minimum Gasteiger partial charge on any atom is -0.354 e. The van der Waals surface area contributed by atoms with Gasteiger partial charge in [-0.2, -0.15) is 13.2 Å². The number of halogens is 3. The molecule has 0 aliphatic rings. The maximum absolute atomic E-state index is 12.8. The van der Waals surface area contributed by atoms with Crippen molar-refractivity contribution in [3.05, 3.63) is 84.2 Å². The summed E-state index contributed by atoms with van der Waals surface area (Å²) in [5.74, 6) is -0.251. The van der Waals surface area contributed by atoms with Crippen LogP contribution in [0.25, 0.3) is 0 Å². The Morgan fingerprint density at radius 2 is 1.75 bits per heavy atom. The Morgan fingerprint density at radius 3 is 2.36 bits per heavy atom. The summed E-state index contributed by atoms with van der Waals surface area (Å²) in [6.07, 6.45) is -2.99. The van der Waals surface area contributed by atoms with Crippen molar-refractivity contribution in [2.75, 3.05) is 16.8 Å². The average Bonchev–Trinajstić information content (AvgIpc) is 2.69. The molecule has 28 heavy (non-hydrogen) atoms. The van der Waals surface area contributed by atoms with Crippen molar-refractivity contribution in [1.82, 2.24) is 4.98 Å². The summed E-state index contributed by atoms with van der Waals surface area (Å²) in [4.78, 5) is 18.5. The molecule has 0 atom stereocenters. The smallest absolute Gasteiger partial charge is 0.354 e. The third kappa shape index (κ3) is 4.49. The lowest BCUT2D eigenvalue weighted by Crippen LogP contribution is -2.31. The van der Waals surface area contributed by atoms with Crippen LogP contribution in [0.1, 0.15) is 23.0 Å². The SMILES string of the molecule is CCN(C(=O)c1ccc(Nc2cccc(C(F)(F)F)c2)cn1)c1ccccc1. The lowest BCUT2D eigenvalue weighted by Gasteiger charge is -2.20. The molecule has 0 bridgehead atoms. The van der Waals surface area contributed by atoms with Gasteiger partial charge in [-0.3, -0.25) is 4.79 Å². The van der Waals surface area contributed by atoms with Gasteiger partial charge in [0, 0.05) is 17.9 Å². The van der Waals surface area contributed by atoms with Crippen LogP contribution in [0.5, 0.6) is 0 Å². The minimum absolute atomic E-state index is 0.250. The third-order valence-corrected chi connectivity index (χ3v) is 4.09. The summed E-state index contributed by atoms with van der Waals surface area (Å²) in [7, 11) is 0. The van der Waals surface area contributed by atoms with E-state index in [1.807, 2.05) is 37.3 Å². The highest BCUT2D eigenvalue weighted by atomic mass is 19.4. The fraction of sp³-hybridized carbons (Fsp3) is 0.143. The van der Waals surface area contributed by atoms with Crippen LogP contribution in [0.3, 0.4) is 0 Å². The second-order valence-electron chi connectivity index (χ2n) is 6.02. The van der Waals surface area contributed by atoms with E-state index in [4.69, 9.17) is 0 Å². The molecule has 1 heterocycles. The van der Waals surface area contributed by atoms with E-state index in [0.717, 1.165) is 17.8 Å². The van der Waals surface area contributed by atoms with Gasteiger partial charge in [-0.05, 0) is 49.4 Å². The number of carbonyl (C=O) groups excluding carboxylic acids is 1. The van der Waals surface area contributed by atoms with E-state index >= 15 is 0 Å². The van der Waals surface area contributed by atoms with E-state index in [1.165, 1.54) is 18.3 Å². The van der Waals surface area contributed by atoms with Crippen LogP contribution in [-0.4, -0.2) is 17.4 Å². The van der Waals surface area contributed by atoms with Crippen molar-refractivity contribution in [3.63, 3.8) is 0 Å². The summed E-state index contributed by atoms with van der Waals surface area (Å²) in [6.45, 7) is 2.35. The Labute approximate surface area is 160 Å². The van der Waals surface area contributed by atoms with E-state index in [2.05, 4.69) is 10.3 Å². The van der Waals surface area contributed by atoms with Crippen LogP contribution in [0.4, 0.5) is 30.2 Å². The molecule has 0 unspecified atom stereocenters. The standard InChI is InChI=1S/C21H18F3N3O/c1-2-27(18-9-4-3-5-10-18)20(28)19-12-11-17(14-25-19)26-16-8-6-7-15(13-16)21(22,23)24/h3-14,26H,2H2,1H3. The van der Waals surface area contributed by atoms with Gasteiger partial charge in [0.15, 0.2) is 0 Å². The monoisotopic (exact) mass is 385 g/mol. The highest BCUT2D eigenvalue weighted by molar-refractivity contribution is 6.04. The fourth-order valence-electron chi connectivity index (χ4n) is 2.72. The number of carbonyl (C=O) groups is 1. The number of nitrogens with one attached hydrogen (secondary N) is 1. The van der Waals surface area contributed by atoms with Crippen LogP contribution in [0.2, 0.25) is 0 Å². The van der Waals surface area contributed by atoms with E-state index in [1.54, 1.807) is 17.0 Å². The first-order valence-electron chi connectivity index (χ1n) is 8.65. The number of amides is 1. The average molecular weight is 385 g/mol. The molecule has 0 spiro atoms. The Morgan fingerprint density at radius 1 is 1.00 bits per heavy atom. The number of pyridine rings is 1. The second kappa shape index (κ2) is 8.12. The Hall–Kier alpha value is -3.35. The molecule has 0 radical (unpaired) electrons. The molecule has 0 saturated carbocycles. The van der Waals surface area contributed by atoms with Crippen molar-refractivity contribution in [2.45, 2.75) is 13.1 Å². The molecule has 1 aromatic heterocycles. The maximum Gasteiger partial charge on any atom is 0.416 e. The molecule has 0 aliphatic carbocycles. The van der Waals surface area contributed by atoms with Gasteiger partial charge in [0.25, 0.3) is 5.91 Å². The molecule has 0 saturated heterocycles. The molecule has 0 aliphatic heterocycles. The van der Waals surface area contributed by atoms with E-state index in [0.29, 0.717) is 12.2 Å². The minimum atomic E-state index is -4.41. The summed E-state index contributed by atoms with van der Waals surface area (Å²) < 4.78 is 38.4. The lowest BCUT2D eigenvalue weighted by atomic mass is 10.2. The molecular formula is C21H18F3N3O.